The number of hydrogen-bond acceptors (Lipinski definition) is 4. The van der Waals surface area contributed by atoms with E-state index in [0.29, 0.717) is 15.7 Å². The first kappa shape index (κ1) is 22.8. The molecule has 0 unspecified atom stereocenters. The maximum atomic E-state index is 13.9. The summed E-state index contributed by atoms with van der Waals surface area (Å²) in [5.74, 6) is -1.79. The maximum absolute atomic E-state index is 13.9. The number of nitrogens with zero attached hydrogens (tertiary/aromatic N) is 3. The Bertz CT molecular complexity index is 1220. The third-order valence-corrected chi connectivity index (χ3v) is 5.71. The number of amides is 2. The molecule has 1 aromatic heterocycles. The second kappa shape index (κ2) is 8.51. The summed E-state index contributed by atoms with van der Waals surface area (Å²) in [5.41, 5.74) is 2.46. The van der Waals surface area contributed by atoms with E-state index in [1.807, 2.05) is 6.07 Å². The monoisotopic (exact) mass is 460 g/mol. The van der Waals surface area contributed by atoms with E-state index >= 15 is 0 Å². The van der Waals surface area contributed by atoms with E-state index in [2.05, 4.69) is 10.3 Å². The third kappa shape index (κ3) is 4.18. The number of benzene rings is 2. The molecule has 33 heavy (non-hydrogen) atoms. The summed E-state index contributed by atoms with van der Waals surface area (Å²) < 4.78 is 47.5. The van der Waals surface area contributed by atoms with Gasteiger partial charge >= 0.3 is 12.2 Å². The lowest BCUT2D eigenvalue weighted by Crippen LogP contribution is -2.43. The molecule has 0 bridgehead atoms. The largest absolute Gasteiger partial charge is 0.450 e. The van der Waals surface area contributed by atoms with Crippen molar-refractivity contribution < 1.29 is 27.5 Å². The third-order valence-electron chi connectivity index (χ3n) is 5.71. The molecule has 3 aromatic rings. The van der Waals surface area contributed by atoms with Gasteiger partial charge in [-0.05, 0) is 43.5 Å². The number of nitrogens with one attached hydrogen (secondary N) is 1. The van der Waals surface area contributed by atoms with Crippen LogP contribution in [-0.2, 0) is 10.9 Å². The average Bonchev–Trinajstić information content (AvgIpc) is 3.16. The Labute approximate surface area is 188 Å². The average molecular weight is 460 g/mol. The number of carbonyl (C=O) groups excluding carboxylic acids is 2. The Hall–Kier alpha value is -3.40. The number of rotatable bonds is 2. The highest BCUT2D eigenvalue weighted by Gasteiger charge is 2.41. The molecule has 4 rings (SSSR count). The van der Waals surface area contributed by atoms with Crippen molar-refractivity contribution in [3.8, 4) is 0 Å². The summed E-state index contributed by atoms with van der Waals surface area (Å²) in [6.45, 7) is 6.08. The predicted molar refractivity (Wildman–Crippen MR) is 117 cm³/mol. The van der Waals surface area contributed by atoms with Crippen LogP contribution in [0.3, 0.4) is 0 Å². The molecule has 2 heterocycles. The second-order valence-electron chi connectivity index (χ2n) is 8.00. The summed E-state index contributed by atoms with van der Waals surface area (Å²) in [5, 5.41) is 2.73. The van der Waals surface area contributed by atoms with E-state index in [1.54, 1.807) is 39.0 Å². The highest BCUT2D eigenvalue weighted by atomic mass is 19.4. The van der Waals surface area contributed by atoms with Gasteiger partial charge in [0.2, 0.25) is 5.82 Å². The summed E-state index contributed by atoms with van der Waals surface area (Å²) in [6.07, 6.45) is -4.87. The van der Waals surface area contributed by atoms with Crippen LogP contribution in [0, 0.1) is 20.8 Å². The lowest BCUT2D eigenvalue weighted by molar-refractivity contribution is -0.145. The fraction of sp³-hybridized carbons (Fsp3) is 0.348. The number of fused-ring (bicyclic) bond motifs is 1. The number of alkyl halides is 3. The minimum atomic E-state index is -4.87. The van der Waals surface area contributed by atoms with Gasteiger partial charge < -0.3 is 15.0 Å². The molecule has 1 aliphatic heterocycles. The van der Waals surface area contributed by atoms with Gasteiger partial charge in [-0.2, -0.15) is 13.2 Å². The number of anilines is 1. The van der Waals surface area contributed by atoms with Crippen LogP contribution < -0.4 is 5.32 Å². The Morgan fingerprint density at radius 3 is 2.24 bits per heavy atom. The highest BCUT2D eigenvalue weighted by molar-refractivity contribution is 6.11. The first-order chi connectivity index (χ1) is 15.6. The van der Waals surface area contributed by atoms with Crippen LogP contribution in [0.15, 0.2) is 30.3 Å². The zero-order valence-electron chi connectivity index (χ0n) is 18.4. The summed E-state index contributed by atoms with van der Waals surface area (Å²) in [7, 11) is 0. The zero-order valence-corrected chi connectivity index (χ0v) is 18.4. The van der Waals surface area contributed by atoms with Crippen LogP contribution in [0.2, 0.25) is 0 Å². The van der Waals surface area contributed by atoms with E-state index in [0.717, 1.165) is 11.1 Å². The van der Waals surface area contributed by atoms with Crippen LogP contribution in [-0.4, -0.2) is 52.7 Å². The molecular formula is C23H23F3N4O3. The Balaban J connectivity index is 1.85. The smallest absolute Gasteiger partial charge is 0.378 e. The fourth-order valence-corrected chi connectivity index (χ4v) is 4.03. The highest BCUT2D eigenvalue weighted by Crippen LogP contribution is 2.36. The Kier molecular flexibility index (Phi) is 5.87. The number of ether oxygens (including phenoxy) is 1. The first-order valence-electron chi connectivity index (χ1n) is 10.4. The van der Waals surface area contributed by atoms with E-state index < -0.39 is 23.9 Å². The summed E-state index contributed by atoms with van der Waals surface area (Å²) >= 11 is 0. The van der Waals surface area contributed by atoms with Crippen molar-refractivity contribution in [2.75, 3.05) is 31.6 Å². The predicted octanol–water partition coefficient (Wildman–Crippen LogP) is 4.53. The molecule has 0 saturated carbocycles. The van der Waals surface area contributed by atoms with Crippen molar-refractivity contribution in [3.63, 3.8) is 0 Å². The van der Waals surface area contributed by atoms with Gasteiger partial charge in [0, 0.05) is 18.7 Å². The van der Waals surface area contributed by atoms with Crippen LogP contribution >= 0.6 is 0 Å². The number of aryl methyl sites for hydroxylation is 3. The lowest BCUT2D eigenvalue weighted by atomic mass is 10.0. The standard InChI is InChI=1S/C23H23F3N4O3/c1-13-5-4-6-14(2)17(13)20(31)27-18-15(3)7-8-16-19(18)28-21(23(24,25)26)30(16)22(32)29-9-11-33-12-10-29/h4-8H,9-12H2,1-3H3,(H,27,31). The maximum Gasteiger partial charge on any atom is 0.450 e. The molecule has 7 nitrogen and oxygen atoms in total. The molecular weight excluding hydrogens is 437 g/mol. The molecule has 2 aromatic carbocycles. The van der Waals surface area contributed by atoms with Crippen molar-refractivity contribution in [2.45, 2.75) is 26.9 Å². The zero-order chi connectivity index (χ0) is 23.9. The first-order valence-corrected chi connectivity index (χ1v) is 10.4. The van der Waals surface area contributed by atoms with Crippen molar-refractivity contribution in [1.82, 2.24) is 14.5 Å². The van der Waals surface area contributed by atoms with E-state index in [4.69, 9.17) is 4.74 Å². The summed E-state index contributed by atoms with van der Waals surface area (Å²) in [4.78, 5) is 31.2. The minimum Gasteiger partial charge on any atom is -0.378 e. The van der Waals surface area contributed by atoms with Gasteiger partial charge in [-0.15, -0.1) is 0 Å². The number of imidazole rings is 1. The van der Waals surface area contributed by atoms with Crippen LogP contribution in [0.4, 0.5) is 23.7 Å². The number of hydrogen-bond donors (Lipinski definition) is 1. The van der Waals surface area contributed by atoms with Crippen molar-refractivity contribution in [2.24, 2.45) is 0 Å². The molecule has 2 amide bonds. The molecule has 1 aliphatic rings. The van der Waals surface area contributed by atoms with Gasteiger partial charge in [0.25, 0.3) is 5.91 Å². The van der Waals surface area contributed by atoms with Gasteiger partial charge in [-0.1, -0.05) is 24.3 Å². The van der Waals surface area contributed by atoms with E-state index in [-0.39, 0.29) is 43.0 Å². The SMILES string of the molecule is Cc1cccc(C)c1C(=O)Nc1c(C)ccc2c1nc(C(F)(F)F)n2C(=O)N1CCOCC1. The lowest BCUT2D eigenvalue weighted by Gasteiger charge is -2.27. The van der Waals surface area contributed by atoms with Crippen molar-refractivity contribution >= 4 is 28.7 Å². The van der Waals surface area contributed by atoms with Gasteiger partial charge in [-0.3, -0.25) is 4.79 Å². The molecule has 0 atom stereocenters. The van der Waals surface area contributed by atoms with Crippen molar-refractivity contribution in [3.05, 3.63) is 58.4 Å². The molecule has 1 saturated heterocycles. The molecule has 174 valence electrons. The topological polar surface area (TPSA) is 76.5 Å². The normalized spacial score (nSPS) is 14.5. The van der Waals surface area contributed by atoms with E-state index in [9.17, 15) is 22.8 Å². The minimum absolute atomic E-state index is 0.0266. The van der Waals surface area contributed by atoms with Crippen LogP contribution in [0.25, 0.3) is 11.0 Å². The number of halogens is 3. The number of morpholine rings is 1. The van der Waals surface area contributed by atoms with Crippen LogP contribution in [0.1, 0.15) is 32.9 Å². The number of aromatic nitrogens is 2. The van der Waals surface area contributed by atoms with Crippen LogP contribution in [0.5, 0.6) is 0 Å². The fourth-order valence-electron chi connectivity index (χ4n) is 4.03. The van der Waals surface area contributed by atoms with Gasteiger partial charge in [0.05, 0.1) is 24.4 Å². The molecule has 0 aliphatic carbocycles. The van der Waals surface area contributed by atoms with Gasteiger partial charge in [-0.25, -0.2) is 14.3 Å². The second-order valence-corrected chi connectivity index (χ2v) is 8.00. The van der Waals surface area contributed by atoms with Crippen molar-refractivity contribution in [1.29, 1.82) is 0 Å². The number of carbonyl (C=O) groups is 2. The molecule has 0 spiro atoms. The van der Waals surface area contributed by atoms with Gasteiger partial charge in [0.15, 0.2) is 0 Å². The quantitative estimate of drug-likeness (QED) is 0.610. The molecule has 1 fully saturated rings. The molecule has 1 N–H and O–H groups in total. The Morgan fingerprint density at radius 2 is 1.64 bits per heavy atom. The van der Waals surface area contributed by atoms with Gasteiger partial charge in [0.1, 0.15) is 5.52 Å². The molecule has 10 heteroatoms. The summed E-state index contributed by atoms with van der Waals surface area (Å²) in [6, 6.07) is 7.54. The van der Waals surface area contributed by atoms with E-state index in [1.165, 1.54) is 11.0 Å². The molecule has 0 radical (unpaired) electrons. The Morgan fingerprint density at radius 1 is 1.00 bits per heavy atom.